The Hall–Kier alpha value is -2.18. The van der Waals surface area contributed by atoms with Gasteiger partial charge in [0.2, 0.25) is 11.8 Å². The van der Waals surface area contributed by atoms with E-state index in [0.717, 1.165) is 17.7 Å². The molecule has 20 heavy (non-hydrogen) atoms. The molecule has 0 bridgehead atoms. The number of carbonyl (C=O) groups is 3. The first-order chi connectivity index (χ1) is 9.47. The summed E-state index contributed by atoms with van der Waals surface area (Å²) in [4.78, 5) is 36.3. The van der Waals surface area contributed by atoms with Crippen LogP contribution in [-0.2, 0) is 16.1 Å². The predicted octanol–water partition coefficient (Wildman–Crippen LogP) is 0.904. The van der Waals surface area contributed by atoms with Crippen molar-refractivity contribution in [3.05, 3.63) is 17.5 Å². The van der Waals surface area contributed by atoms with Gasteiger partial charge in [-0.1, -0.05) is 12.1 Å². The second-order valence-electron chi connectivity index (χ2n) is 5.54. The van der Waals surface area contributed by atoms with Gasteiger partial charge in [0, 0.05) is 6.07 Å². The number of carbonyl (C=O) groups excluding carboxylic acids is 2. The van der Waals surface area contributed by atoms with Gasteiger partial charge >= 0.3 is 5.97 Å². The number of hydrogen-bond donors (Lipinski definition) is 1. The normalized spacial score (nSPS) is 29.1. The smallest absolute Gasteiger partial charge is 0.358 e. The fourth-order valence-corrected chi connectivity index (χ4v) is 3.15. The maximum absolute atomic E-state index is 12.2. The van der Waals surface area contributed by atoms with Crippen LogP contribution in [0.5, 0.6) is 0 Å². The van der Waals surface area contributed by atoms with E-state index in [1.165, 1.54) is 6.07 Å². The zero-order valence-corrected chi connectivity index (χ0v) is 10.9. The molecule has 0 spiro atoms. The van der Waals surface area contributed by atoms with E-state index in [4.69, 9.17) is 9.63 Å². The summed E-state index contributed by atoms with van der Waals surface area (Å²) in [5.41, 5.74) is -0.229. The van der Waals surface area contributed by atoms with Crippen LogP contribution in [-0.4, -0.2) is 32.9 Å². The van der Waals surface area contributed by atoms with Crippen LogP contribution < -0.4 is 0 Å². The standard InChI is InChI=1S/C13H14N2O5/c1-6-2-8-9(3-6)12(17)15(11(8)16)5-7-4-10(13(18)19)14-20-7/h4,6,8-9H,2-3,5H2,1H3,(H,18,19). The largest absolute Gasteiger partial charge is 0.476 e. The number of imide groups is 1. The Labute approximate surface area is 114 Å². The molecule has 2 aliphatic rings. The van der Waals surface area contributed by atoms with E-state index in [2.05, 4.69) is 5.16 Å². The molecule has 2 unspecified atom stereocenters. The minimum Gasteiger partial charge on any atom is -0.476 e. The van der Waals surface area contributed by atoms with Crippen molar-refractivity contribution in [2.45, 2.75) is 26.3 Å². The number of hydrogen-bond acceptors (Lipinski definition) is 5. The molecule has 7 nitrogen and oxygen atoms in total. The van der Waals surface area contributed by atoms with Crippen LogP contribution in [0.4, 0.5) is 0 Å². The molecule has 0 aromatic carbocycles. The number of fused-ring (bicyclic) bond motifs is 1. The summed E-state index contributed by atoms with van der Waals surface area (Å²) in [6.45, 7) is 2.00. The Balaban J connectivity index is 1.76. The van der Waals surface area contributed by atoms with Gasteiger partial charge in [-0.2, -0.15) is 0 Å². The van der Waals surface area contributed by atoms with Crippen molar-refractivity contribution in [2.75, 3.05) is 0 Å². The Morgan fingerprint density at radius 1 is 1.40 bits per heavy atom. The molecular formula is C13H14N2O5. The lowest BCUT2D eigenvalue weighted by molar-refractivity contribution is -0.141. The van der Waals surface area contributed by atoms with Crippen molar-refractivity contribution in [1.29, 1.82) is 0 Å². The van der Waals surface area contributed by atoms with Gasteiger partial charge < -0.3 is 9.63 Å². The molecule has 106 valence electrons. The van der Waals surface area contributed by atoms with Crippen molar-refractivity contribution >= 4 is 17.8 Å². The van der Waals surface area contributed by atoms with Gasteiger partial charge in [-0.15, -0.1) is 0 Å². The van der Waals surface area contributed by atoms with E-state index < -0.39 is 5.97 Å². The Morgan fingerprint density at radius 2 is 2.00 bits per heavy atom. The zero-order valence-electron chi connectivity index (χ0n) is 10.9. The topological polar surface area (TPSA) is 101 Å². The van der Waals surface area contributed by atoms with E-state index in [0.29, 0.717) is 5.92 Å². The SMILES string of the molecule is CC1CC2C(=O)N(Cc3cc(C(=O)O)no3)C(=O)C2C1. The molecular weight excluding hydrogens is 264 g/mol. The number of rotatable bonds is 3. The van der Waals surface area contributed by atoms with E-state index in [1.54, 1.807) is 0 Å². The van der Waals surface area contributed by atoms with Gasteiger partial charge in [-0.25, -0.2) is 4.79 Å². The molecule has 0 radical (unpaired) electrons. The van der Waals surface area contributed by atoms with E-state index in [-0.39, 0.29) is 41.6 Å². The van der Waals surface area contributed by atoms with Crippen molar-refractivity contribution < 1.29 is 24.0 Å². The van der Waals surface area contributed by atoms with Gasteiger partial charge in [0.1, 0.15) is 0 Å². The number of carboxylic acids is 1. The van der Waals surface area contributed by atoms with Crippen molar-refractivity contribution in [3.63, 3.8) is 0 Å². The molecule has 1 aliphatic heterocycles. The number of nitrogens with zero attached hydrogens (tertiary/aromatic N) is 2. The quantitative estimate of drug-likeness (QED) is 0.824. The summed E-state index contributed by atoms with van der Waals surface area (Å²) in [5.74, 6) is -1.42. The summed E-state index contributed by atoms with van der Waals surface area (Å²) in [7, 11) is 0. The van der Waals surface area contributed by atoms with E-state index >= 15 is 0 Å². The second kappa shape index (κ2) is 4.43. The zero-order chi connectivity index (χ0) is 14.4. The molecule has 2 amide bonds. The number of aromatic carboxylic acids is 1. The number of carboxylic acid groups (broad SMARTS) is 1. The van der Waals surface area contributed by atoms with E-state index in [1.807, 2.05) is 6.92 Å². The van der Waals surface area contributed by atoms with Crippen molar-refractivity contribution in [1.82, 2.24) is 10.1 Å². The maximum Gasteiger partial charge on any atom is 0.358 e. The lowest BCUT2D eigenvalue weighted by Gasteiger charge is -2.14. The molecule has 2 heterocycles. The molecule has 1 aliphatic carbocycles. The number of likely N-dealkylation sites (tertiary alicyclic amines) is 1. The minimum atomic E-state index is -1.20. The van der Waals surface area contributed by atoms with Gasteiger partial charge in [0.05, 0.1) is 18.4 Å². The summed E-state index contributed by atoms with van der Waals surface area (Å²) in [5, 5.41) is 12.1. The van der Waals surface area contributed by atoms with Crippen LogP contribution in [0.15, 0.2) is 10.6 Å². The van der Waals surface area contributed by atoms with Crippen LogP contribution in [0.1, 0.15) is 36.0 Å². The molecule has 7 heteroatoms. The lowest BCUT2D eigenvalue weighted by atomic mass is 10.00. The average Bonchev–Trinajstić information content (AvgIpc) is 3.04. The molecule has 2 atom stereocenters. The molecule has 3 rings (SSSR count). The summed E-state index contributed by atoms with van der Waals surface area (Å²) >= 11 is 0. The molecule has 1 aromatic rings. The fourth-order valence-electron chi connectivity index (χ4n) is 3.15. The summed E-state index contributed by atoms with van der Waals surface area (Å²) in [6, 6.07) is 1.24. The first kappa shape index (κ1) is 12.8. The first-order valence-electron chi connectivity index (χ1n) is 6.51. The van der Waals surface area contributed by atoms with Crippen molar-refractivity contribution in [2.24, 2.45) is 17.8 Å². The van der Waals surface area contributed by atoms with Crippen LogP contribution in [0.3, 0.4) is 0 Å². The van der Waals surface area contributed by atoms with Crippen LogP contribution in [0, 0.1) is 17.8 Å². The van der Waals surface area contributed by atoms with Gasteiger partial charge in [-0.3, -0.25) is 14.5 Å². The third kappa shape index (κ3) is 1.90. The van der Waals surface area contributed by atoms with Gasteiger partial charge in [-0.05, 0) is 18.8 Å². The fraction of sp³-hybridized carbons (Fsp3) is 0.538. The highest BCUT2D eigenvalue weighted by Crippen LogP contribution is 2.43. The number of amides is 2. The molecule has 1 saturated heterocycles. The highest BCUT2D eigenvalue weighted by molar-refractivity contribution is 6.05. The monoisotopic (exact) mass is 278 g/mol. The second-order valence-corrected chi connectivity index (χ2v) is 5.54. The Bertz CT molecular complexity index is 569. The number of aromatic nitrogens is 1. The van der Waals surface area contributed by atoms with Gasteiger partial charge in [0.15, 0.2) is 11.5 Å². The third-order valence-electron chi connectivity index (χ3n) is 4.06. The average molecular weight is 278 g/mol. The van der Waals surface area contributed by atoms with Gasteiger partial charge in [0.25, 0.3) is 0 Å². The summed E-state index contributed by atoms with van der Waals surface area (Å²) < 4.78 is 4.85. The molecule has 1 N–H and O–H groups in total. The Morgan fingerprint density at radius 3 is 2.50 bits per heavy atom. The third-order valence-corrected chi connectivity index (χ3v) is 4.06. The Kier molecular flexibility index (Phi) is 2.84. The van der Waals surface area contributed by atoms with Crippen molar-refractivity contribution in [3.8, 4) is 0 Å². The van der Waals surface area contributed by atoms with Crippen LogP contribution in [0.25, 0.3) is 0 Å². The van der Waals surface area contributed by atoms with Crippen LogP contribution in [0.2, 0.25) is 0 Å². The highest BCUT2D eigenvalue weighted by atomic mass is 16.5. The van der Waals surface area contributed by atoms with Crippen LogP contribution >= 0.6 is 0 Å². The lowest BCUT2D eigenvalue weighted by Crippen LogP contribution is -2.31. The van der Waals surface area contributed by atoms with E-state index in [9.17, 15) is 14.4 Å². The minimum absolute atomic E-state index is 0.0423. The summed E-state index contributed by atoms with van der Waals surface area (Å²) in [6.07, 6.45) is 1.48. The molecule has 1 saturated carbocycles. The maximum atomic E-state index is 12.2. The first-order valence-corrected chi connectivity index (χ1v) is 6.51. The molecule has 2 fully saturated rings. The molecule has 1 aromatic heterocycles. The predicted molar refractivity (Wildman–Crippen MR) is 64.4 cm³/mol. The highest BCUT2D eigenvalue weighted by Gasteiger charge is 2.51.